The second-order valence-corrected chi connectivity index (χ2v) is 6.06. The molecule has 0 aliphatic carbocycles. The summed E-state index contributed by atoms with van der Waals surface area (Å²) < 4.78 is 3.67. The smallest absolute Gasteiger partial charge is 0.182 e. The molecule has 0 saturated heterocycles. The Bertz CT molecular complexity index is 835. The van der Waals surface area contributed by atoms with Crippen molar-refractivity contribution in [2.45, 2.75) is 6.92 Å². The molecule has 0 saturated carbocycles. The number of imidazole rings is 1. The summed E-state index contributed by atoms with van der Waals surface area (Å²) >= 11 is 15.0. The standard InChI is InChI=1S/C14H10BrClN2S/c1-8-2-4-10(15)13(6-8)18-12-5-3-9(16)7-11(12)17-14(18)19/h2-7H,1H3,(H,17,19). The lowest BCUT2D eigenvalue weighted by Crippen LogP contribution is -1.95. The zero-order chi connectivity index (χ0) is 13.6. The van der Waals surface area contributed by atoms with Gasteiger partial charge in [0.1, 0.15) is 0 Å². The number of nitrogens with zero attached hydrogens (tertiary/aromatic N) is 1. The van der Waals surface area contributed by atoms with Gasteiger partial charge < -0.3 is 4.98 Å². The molecular weight excluding hydrogens is 344 g/mol. The average molecular weight is 354 g/mol. The Kier molecular flexibility index (Phi) is 3.25. The summed E-state index contributed by atoms with van der Waals surface area (Å²) in [7, 11) is 0. The number of aryl methyl sites for hydroxylation is 1. The SMILES string of the molecule is Cc1ccc(Br)c(-n2c(=S)[nH]c3cc(Cl)ccc32)c1. The number of benzene rings is 2. The number of nitrogens with one attached hydrogen (secondary N) is 1. The third kappa shape index (κ3) is 2.24. The molecule has 0 amide bonds. The lowest BCUT2D eigenvalue weighted by molar-refractivity contribution is 1.05. The van der Waals surface area contributed by atoms with Crippen molar-refractivity contribution in [3.05, 3.63) is 56.2 Å². The summed E-state index contributed by atoms with van der Waals surface area (Å²) in [4.78, 5) is 3.19. The van der Waals surface area contributed by atoms with Gasteiger partial charge in [-0.3, -0.25) is 4.57 Å². The van der Waals surface area contributed by atoms with Gasteiger partial charge in [0.05, 0.1) is 16.7 Å². The minimum atomic E-state index is 0.656. The molecule has 19 heavy (non-hydrogen) atoms. The molecule has 2 nitrogen and oxygen atoms in total. The van der Waals surface area contributed by atoms with Gasteiger partial charge in [0, 0.05) is 9.50 Å². The zero-order valence-electron chi connectivity index (χ0n) is 10.1. The van der Waals surface area contributed by atoms with Crippen molar-refractivity contribution in [2.75, 3.05) is 0 Å². The number of aromatic nitrogens is 2. The molecule has 1 heterocycles. The maximum Gasteiger partial charge on any atom is 0.182 e. The van der Waals surface area contributed by atoms with Gasteiger partial charge in [0.2, 0.25) is 0 Å². The van der Waals surface area contributed by atoms with Crippen LogP contribution >= 0.6 is 39.7 Å². The predicted molar refractivity (Wildman–Crippen MR) is 85.9 cm³/mol. The first-order valence-electron chi connectivity index (χ1n) is 5.73. The van der Waals surface area contributed by atoms with Gasteiger partial charge in [0.25, 0.3) is 0 Å². The second-order valence-electron chi connectivity index (χ2n) is 4.38. The van der Waals surface area contributed by atoms with E-state index in [0.29, 0.717) is 9.79 Å². The van der Waals surface area contributed by atoms with E-state index < -0.39 is 0 Å². The van der Waals surface area contributed by atoms with Crippen molar-refractivity contribution in [3.8, 4) is 5.69 Å². The zero-order valence-corrected chi connectivity index (χ0v) is 13.2. The Hall–Kier alpha value is -1.10. The van der Waals surface area contributed by atoms with Crippen LogP contribution in [0.3, 0.4) is 0 Å². The summed E-state index contributed by atoms with van der Waals surface area (Å²) in [6, 6.07) is 11.9. The van der Waals surface area contributed by atoms with Crippen LogP contribution in [0.1, 0.15) is 5.56 Å². The van der Waals surface area contributed by atoms with E-state index in [2.05, 4.69) is 40.0 Å². The van der Waals surface area contributed by atoms with Crippen molar-refractivity contribution < 1.29 is 0 Å². The Balaban J connectivity index is 2.39. The average Bonchev–Trinajstić information content (AvgIpc) is 2.67. The Morgan fingerprint density at radius 1 is 1.21 bits per heavy atom. The number of rotatable bonds is 1. The fourth-order valence-electron chi connectivity index (χ4n) is 2.12. The number of fused-ring (bicyclic) bond motifs is 1. The third-order valence-corrected chi connectivity index (χ3v) is 4.18. The molecular formula is C14H10BrClN2S. The molecule has 1 aromatic heterocycles. The van der Waals surface area contributed by atoms with Crippen LogP contribution in [-0.2, 0) is 0 Å². The Labute approximate surface area is 129 Å². The molecule has 0 bridgehead atoms. The van der Waals surface area contributed by atoms with Crippen LogP contribution < -0.4 is 0 Å². The van der Waals surface area contributed by atoms with Crippen LogP contribution in [0.4, 0.5) is 0 Å². The summed E-state index contributed by atoms with van der Waals surface area (Å²) in [6.07, 6.45) is 0. The van der Waals surface area contributed by atoms with E-state index in [0.717, 1.165) is 21.2 Å². The van der Waals surface area contributed by atoms with Crippen LogP contribution in [0.15, 0.2) is 40.9 Å². The highest BCUT2D eigenvalue weighted by atomic mass is 79.9. The van der Waals surface area contributed by atoms with E-state index in [-0.39, 0.29) is 0 Å². The number of hydrogen-bond acceptors (Lipinski definition) is 1. The topological polar surface area (TPSA) is 20.7 Å². The highest BCUT2D eigenvalue weighted by Gasteiger charge is 2.10. The number of H-pyrrole nitrogens is 1. The fourth-order valence-corrected chi connectivity index (χ4v) is 3.02. The molecule has 0 radical (unpaired) electrons. The van der Waals surface area contributed by atoms with Crippen LogP contribution in [0.25, 0.3) is 16.7 Å². The molecule has 0 aliphatic heterocycles. The molecule has 0 fully saturated rings. The highest BCUT2D eigenvalue weighted by molar-refractivity contribution is 9.10. The second kappa shape index (κ2) is 4.78. The van der Waals surface area contributed by atoms with Crippen molar-refractivity contribution in [1.29, 1.82) is 0 Å². The Morgan fingerprint density at radius 3 is 2.79 bits per heavy atom. The van der Waals surface area contributed by atoms with Crippen molar-refractivity contribution >= 4 is 50.8 Å². The molecule has 3 aromatic rings. The van der Waals surface area contributed by atoms with Crippen LogP contribution in [0, 0.1) is 11.7 Å². The lowest BCUT2D eigenvalue weighted by atomic mass is 10.2. The quantitative estimate of drug-likeness (QED) is 0.580. The van der Waals surface area contributed by atoms with E-state index in [1.54, 1.807) is 0 Å². The summed E-state index contributed by atoms with van der Waals surface area (Å²) in [5.74, 6) is 0. The van der Waals surface area contributed by atoms with Gasteiger partial charge in [-0.05, 0) is 71.0 Å². The summed E-state index contributed by atoms with van der Waals surface area (Å²) in [5.41, 5.74) is 4.16. The van der Waals surface area contributed by atoms with E-state index in [1.807, 2.05) is 28.8 Å². The third-order valence-electron chi connectivity index (χ3n) is 2.99. The van der Waals surface area contributed by atoms with Crippen molar-refractivity contribution in [1.82, 2.24) is 9.55 Å². The first-order chi connectivity index (χ1) is 9.06. The number of hydrogen-bond donors (Lipinski definition) is 1. The normalized spacial score (nSPS) is 11.1. The predicted octanol–water partition coefficient (Wildman–Crippen LogP) is 5.41. The minimum absolute atomic E-state index is 0.656. The van der Waals surface area contributed by atoms with Gasteiger partial charge in [-0.1, -0.05) is 17.7 Å². The number of aromatic amines is 1. The molecule has 0 aliphatic rings. The van der Waals surface area contributed by atoms with Crippen LogP contribution in [0.2, 0.25) is 5.02 Å². The summed E-state index contributed by atoms with van der Waals surface area (Å²) in [6.45, 7) is 2.06. The van der Waals surface area contributed by atoms with E-state index in [4.69, 9.17) is 23.8 Å². The van der Waals surface area contributed by atoms with E-state index in [9.17, 15) is 0 Å². The molecule has 5 heteroatoms. The van der Waals surface area contributed by atoms with Crippen LogP contribution in [-0.4, -0.2) is 9.55 Å². The molecule has 0 spiro atoms. The number of halogens is 2. The van der Waals surface area contributed by atoms with Crippen molar-refractivity contribution in [2.24, 2.45) is 0 Å². The Morgan fingerprint density at radius 2 is 2.00 bits per heavy atom. The van der Waals surface area contributed by atoms with E-state index in [1.165, 1.54) is 5.56 Å². The molecule has 1 N–H and O–H groups in total. The van der Waals surface area contributed by atoms with Gasteiger partial charge in [-0.25, -0.2) is 0 Å². The van der Waals surface area contributed by atoms with Gasteiger partial charge >= 0.3 is 0 Å². The van der Waals surface area contributed by atoms with Crippen LogP contribution in [0.5, 0.6) is 0 Å². The van der Waals surface area contributed by atoms with Gasteiger partial charge in [0.15, 0.2) is 4.77 Å². The first-order valence-corrected chi connectivity index (χ1v) is 7.31. The minimum Gasteiger partial charge on any atom is -0.330 e. The first kappa shape index (κ1) is 12.9. The van der Waals surface area contributed by atoms with Crippen molar-refractivity contribution in [3.63, 3.8) is 0 Å². The monoisotopic (exact) mass is 352 g/mol. The molecule has 3 rings (SSSR count). The molecule has 0 atom stereocenters. The molecule has 0 unspecified atom stereocenters. The maximum absolute atomic E-state index is 6.01. The summed E-state index contributed by atoms with van der Waals surface area (Å²) in [5, 5.41) is 0.694. The van der Waals surface area contributed by atoms with Gasteiger partial charge in [-0.15, -0.1) is 0 Å². The maximum atomic E-state index is 6.01. The van der Waals surface area contributed by atoms with Gasteiger partial charge in [-0.2, -0.15) is 0 Å². The fraction of sp³-hybridized carbons (Fsp3) is 0.0714. The van der Waals surface area contributed by atoms with E-state index >= 15 is 0 Å². The lowest BCUT2D eigenvalue weighted by Gasteiger charge is -2.08. The highest BCUT2D eigenvalue weighted by Crippen LogP contribution is 2.28. The largest absolute Gasteiger partial charge is 0.330 e. The molecule has 96 valence electrons. The molecule has 2 aromatic carbocycles.